The molecule has 0 aromatic carbocycles. The summed E-state index contributed by atoms with van der Waals surface area (Å²) in [5.41, 5.74) is 6.92. The minimum atomic E-state index is -3.25. The van der Waals surface area contributed by atoms with Gasteiger partial charge >= 0.3 is 0 Å². The van der Waals surface area contributed by atoms with Crippen LogP contribution >= 0.6 is 11.3 Å². The summed E-state index contributed by atoms with van der Waals surface area (Å²) in [5, 5.41) is 4.74. The number of carbonyl (C=O) groups is 1. The van der Waals surface area contributed by atoms with Crippen LogP contribution in [0.3, 0.4) is 0 Å². The van der Waals surface area contributed by atoms with E-state index in [1.165, 1.54) is 21.9 Å². The summed E-state index contributed by atoms with van der Waals surface area (Å²) in [7, 11) is -3.25. The van der Waals surface area contributed by atoms with Crippen molar-refractivity contribution >= 4 is 43.3 Å². The van der Waals surface area contributed by atoms with Gasteiger partial charge in [0.25, 0.3) is 5.91 Å². The van der Waals surface area contributed by atoms with Gasteiger partial charge in [-0.25, -0.2) is 22.9 Å². The molecule has 0 radical (unpaired) electrons. The van der Waals surface area contributed by atoms with Gasteiger partial charge in [-0.05, 0) is 30.9 Å². The first-order chi connectivity index (χ1) is 16.1. The minimum absolute atomic E-state index is 0.157. The summed E-state index contributed by atoms with van der Waals surface area (Å²) in [5.74, 6) is 0.0216. The van der Waals surface area contributed by atoms with E-state index < -0.39 is 10.0 Å². The van der Waals surface area contributed by atoms with E-state index in [0.29, 0.717) is 31.2 Å². The molecule has 1 fully saturated rings. The lowest BCUT2D eigenvalue weighted by Gasteiger charge is -2.32. The van der Waals surface area contributed by atoms with Crippen LogP contribution < -0.4 is 0 Å². The van der Waals surface area contributed by atoms with Crippen LogP contribution in [0.15, 0.2) is 12.5 Å². The van der Waals surface area contributed by atoms with Crippen LogP contribution in [0.2, 0.25) is 0 Å². The fourth-order valence-corrected chi connectivity index (χ4v) is 6.34. The van der Waals surface area contributed by atoms with E-state index in [2.05, 4.69) is 35.8 Å². The normalized spacial score (nSPS) is 15.8. The number of pyridine rings is 1. The molecular weight excluding hydrogens is 474 g/mol. The molecule has 4 aromatic heterocycles. The first kappa shape index (κ1) is 22.9. The number of rotatable bonds is 4. The number of aromatic nitrogens is 5. The number of carbonyl (C=O) groups excluding carboxylic acids is 1. The maximum absolute atomic E-state index is 13.1. The first-order valence-corrected chi connectivity index (χ1v) is 13.8. The summed E-state index contributed by atoms with van der Waals surface area (Å²) in [6.07, 6.45) is 4.74. The van der Waals surface area contributed by atoms with E-state index in [-0.39, 0.29) is 11.8 Å². The second kappa shape index (κ2) is 8.14. The predicted octanol–water partition coefficient (Wildman–Crippen LogP) is 2.79. The van der Waals surface area contributed by atoms with Crippen LogP contribution in [0, 0.1) is 13.8 Å². The van der Waals surface area contributed by atoms with E-state index in [9.17, 15) is 13.2 Å². The average molecular weight is 502 g/mol. The number of amides is 1. The summed E-state index contributed by atoms with van der Waals surface area (Å²) >= 11 is 1.34. The Morgan fingerprint density at radius 1 is 1.15 bits per heavy atom. The Morgan fingerprint density at radius 3 is 2.50 bits per heavy atom. The Labute approximate surface area is 201 Å². The molecule has 4 aromatic rings. The van der Waals surface area contributed by atoms with Gasteiger partial charge in [0, 0.05) is 43.5 Å². The Balaban J connectivity index is 1.51. The van der Waals surface area contributed by atoms with Crippen molar-refractivity contribution in [2.24, 2.45) is 0 Å². The van der Waals surface area contributed by atoms with Crippen LogP contribution in [-0.4, -0.2) is 80.5 Å². The standard InChI is InChI=1S/C22H27N7O3S2/c1-12(2)16-17(15-10-29-19(23-11-24-29)14(4)13(15)3)25-20-18(16)26-21(33-20)22(30)27-6-8-28(9-7-27)34(5,31)32/h10-12,25H,6-9H2,1-5H3. The van der Waals surface area contributed by atoms with Crippen LogP contribution in [0.1, 0.15) is 46.3 Å². The Hall–Kier alpha value is -2.83. The van der Waals surface area contributed by atoms with Gasteiger partial charge in [0.05, 0.1) is 11.9 Å². The Kier molecular flexibility index (Phi) is 5.49. The summed E-state index contributed by atoms with van der Waals surface area (Å²) < 4.78 is 26.7. The third kappa shape index (κ3) is 3.69. The summed E-state index contributed by atoms with van der Waals surface area (Å²) in [6, 6.07) is 0. The van der Waals surface area contributed by atoms with Gasteiger partial charge in [-0.1, -0.05) is 25.2 Å². The fourth-order valence-electron chi connectivity index (χ4n) is 4.56. The molecule has 12 heteroatoms. The SMILES string of the molecule is Cc1c(-c2[nH]c3sc(C(=O)N4CCN(S(C)(=O)=O)CC4)nc3c2C(C)C)cn2ncnc2c1C. The van der Waals surface area contributed by atoms with Gasteiger partial charge in [0.15, 0.2) is 10.7 Å². The third-order valence-corrected chi connectivity index (χ3v) is 8.80. The Morgan fingerprint density at radius 2 is 1.85 bits per heavy atom. The molecule has 5 rings (SSSR count). The highest BCUT2D eigenvalue weighted by molar-refractivity contribution is 7.88. The number of fused-ring (bicyclic) bond motifs is 2. The molecule has 0 spiro atoms. The fraction of sp³-hybridized carbons (Fsp3) is 0.455. The molecule has 34 heavy (non-hydrogen) atoms. The van der Waals surface area contributed by atoms with Crippen molar-refractivity contribution in [1.29, 1.82) is 0 Å². The Bertz CT molecular complexity index is 1520. The van der Waals surface area contributed by atoms with Gasteiger partial charge in [0.1, 0.15) is 16.7 Å². The van der Waals surface area contributed by atoms with Gasteiger partial charge in [-0.2, -0.15) is 9.40 Å². The highest BCUT2D eigenvalue weighted by Crippen LogP contribution is 2.39. The number of hydrogen-bond donors (Lipinski definition) is 1. The number of hydrogen-bond acceptors (Lipinski definition) is 7. The number of aromatic amines is 1. The van der Waals surface area contributed by atoms with Crippen molar-refractivity contribution in [2.75, 3.05) is 32.4 Å². The maximum atomic E-state index is 13.1. The van der Waals surface area contributed by atoms with Crippen LogP contribution in [0.5, 0.6) is 0 Å². The van der Waals surface area contributed by atoms with Gasteiger partial charge in [0.2, 0.25) is 10.0 Å². The average Bonchev–Trinajstić information content (AvgIpc) is 3.49. The maximum Gasteiger partial charge on any atom is 0.283 e. The molecule has 5 heterocycles. The molecule has 0 unspecified atom stereocenters. The lowest BCUT2D eigenvalue weighted by molar-refractivity contribution is 0.0698. The zero-order valence-electron chi connectivity index (χ0n) is 19.8. The van der Waals surface area contributed by atoms with E-state index in [1.807, 2.05) is 13.1 Å². The second-order valence-corrected chi connectivity index (χ2v) is 12.0. The van der Waals surface area contributed by atoms with Gasteiger partial charge in [-0.15, -0.1) is 0 Å². The molecule has 180 valence electrons. The van der Waals surface area contributed by atoms with E-state index in [4.69, 9.17) is 4.98 Å². The van der Waals surface area contributed by atoms with E-state index in [0.717, 1.165) is 43.9 Å². The number of nitrogens with one attached hydrogen (secondary N) is 1. The monoisotopic (exact) mass is 501 g/mol. The predicted molar refractivity (Wildman–Crippen MR) is 132 cm³/mol. The molecule has 1 amide bonds. The lowest BCUT2D eigenvalue weighted by atomic mass is 9.96. The molecular formula is C22H27N7O3S2. The van der Waals surface area contributed by atoms with Crippen LogP contribution in [-0.2, 0) is 10.0 Å². The highest BCUT2D eigenvalue weighted by Gasteiger charge is 2.30. The molecule has 0 atom stereocenters. The molecule has 1 saturated heterocycles. The second-order valence-electron chi connectivity index (χ2n) is 9.04. The number of thiazole rings is 1. The van der Waals surface area contributed by atoms with Gasteiger partial charge in [-0.3, -0.25) is 4.79 Å². The molecule has 1 aliphatic rings. The molecule has 10 nitrogen and oxygen atoms in total. The van der Waals surface area contributed by atoms with Gasteiger partial charge < -0.3 is 9.88 Å². The smallest absolute Gasteiger partial charge is 0.283 e. The van der Waals surface area contributed by atoms with Crippen molar-refractivity contribution in [1.82, 2.24) is 33.8 Å². The third-order valence-electron chi connectivity index (χ3n) is 6.54. The van der Waals surface area contributed by atoms with Crippen molar-refractivity contribution in [3.05, 3.63) is 34.2 Å². The zero-order valence-corrected chi connectivity index (χ0v) is 21.4. The van der Waals surface area contributed by atoms with Crippen molar-refractivity contribution in [3.63, 3.8) is 0 Å². The van der Waals surface area contributed by atoms with Crippen LogP contribution in [0.4, 0.5) is 0 Å². The number of sulfonamides is 1. The first-order valence-electron chi connectivity index (χ1n) is 11.1. The van der Waals surface area contributed by atoms with Crippen molar-refractivity contribution in [2.45, 2.75) is 33.6 Å². The van der Waals surface area contributed by atoms with E-state index >= 15 is 0 Å². The molecule has 0 bridgehead atoms. The quantitative estimate of drug-likeness (QED) is 0.460. The van der Waals surface area contributed by atoms with Crippen molar-refractivity contribution < 1.29 is 13.2 Å². The number of nitrogens with zero attached hydrogens (tertiary/aromatic N) is 6. The molecule has 1 aliphatic heterocycles. The van der Waals surface area contributed by atoms with Crippen molar-refractivity contribution in [3.8, 4) is 11.3 Å². The topological polar surface area (TPSA) is 117 Å². The van der Waals surface area contributed by atoms with Crippen LogP contribution in [0.25, 0.3) is 27.3 Å². The molecule has 1 N–H and O–H groups in total. The lowest BCUT2D eigenvalue weighted by Crippen LogP contribution is -2.50. The largest absolute Gasteiger partial charge is 0.345 e. The summed E-state index contributed by atoms with van der Waals surface area (Å²) in [6.45, 7) is 9.69. The molecule has 0 aliphatic carbocycles. The number of H-pyrrole nitrogens is 1. The summed E-state index contributed by atoms with van der Waals surface area (Å²) in [4.78, 5) is 28.3. The minimum Gasteiger partial charge on any atom is -0.345 e. The highest BCUT2D eigenvalue weighted by atomic mass is 32.2. The number of aryl methyl sites for hydroxylation is 1. The molecule has 0 saturated carbocycles. The zero-order chi connectivity index (χ0) is 24.4. The number of piperazine rings is 1. The van der Waals surface area contributed by atoms with E-state index in [1.54, 1.807) is 15.7 Å².